The van der Waals surface area contributed by atoms with Gasteiger partial charge in [0, 0.05) is 21.1 Å². The minimum Gasteiger partial charge on any atom is -0.401 e. The zero-order chi connectivity index (χ0) is 16.8. The lowest BCUT2D eigenvalue weighted by molar-refractivity contribution is 0.0842. The summed E-state index contributed by atoms with van der Waals surface area (Å²) in [5, 5.41) is 4.03. The number of rotatable bonds is 3. The van der Waals surface area contributed by atoms with E-state index in [9.17, 15) is 4.79 Å². The number of hydrogen-bond donors (Lipinski definition) is 1. The molecule has 23 heavy (non-hydrogen) atoms. The van der Waals surface area contributed by atoms with E-state index >= 15 is 0 Å². The Morgan fingerprint density at radius 2 is 2.09 bits per heavy atom. The first kappa shape index (κ1) is 16.5. The molecule has 1 aromatic carbocycles. The molecular formula is C17H22BNO3S. The van der Waals surface area contributed by atoms with Crippen molar-refractivity contribution < 1.29 is 14.1 Å². The van der Waals surface area contributed by atoms with Crippen LogP contribution in [0.5, 0.6) is 0 Å². The Kier molecular flexibility index (Phi) is 4.25. The highest BCUT2D eigenvalue weighted by molar-refractivity contribution is 7.28. The number of hydrogen-bond acceptors (Lipinski definition) is 4. The van der Waals surface area contributed by atoms with Crippen molar-refractivity contribution in [3.05, 3.63) is 29.8 Å². The molecule has 1 aliphatic rings. The van der Waals surface area contributed by atoms with Gasteiger partial charge >= 0.3 is 7.12 Å². The van der Waals surface area contributed by atoms with Crippen LogP contribution in [0.1, 0.15) is 45.0 Å². The van der Waals surface area contributed by atoms with Crippen molar-refractivity contribution >= 4 is 39.2 Å². The number of carbonyl (C=O) groups is 1. The maximum absolute atomic E-state index is 12.1. The van der Waals surface area contributed by atoms with E-state index in [0.717, 1.165) is 14.9 Å². The molecule has 2 heterocycles. The van der Waals surface area contributed by atoms with Crippen LogP contribution in [-0.4, -0.2) is 30.8 Å². The SMILES string of the molecule is CC(C)NC(=O)c1ccc2cc(B3OC(C)C(C)(C)O3)sc2c1. The standard InChI is InChI=1S/C17H22BNO3S/c1-10(2)19-16(20)13-7-6-12-9-15(23-14(12)8-13)18-21-11(3)17(4,5)22-18/h6-11H,1-5H3,(H,19,20). The summed E-state index contributed by atoms with van der Waals surface area (Å²) in [6.45, 7) is 10.0. The molecule has 6 heteroatoms. The van der Waals surface area contributed by atoms with Crippen LogP contribution in [-0.2, 0) is 9.31 Å². The number of amides is 1. The van der Waals surface area contributed by atoms with Crippen LogP contribution in [0, 0.1) is 0 Å². The van der Waals surface area contributed by atoms with Crippen molar-refractivity contribution in [3.63, 3.8) is 0 Å². The topological polar surface area (TPSA) is 47.6 Å². The molecule has 1 aromatic heterocycles. The zero-order valence-electron chi connectivity index (χ0n) is 14.2. The minimum atomic E-state index is -0.328. The van der Waals surface area contributed by atoms with Crippen molar-refractivity contribution in [1.29, 1.82) is 0 Å². The second-order valence-electron chi connectivity index (χ2n) is 6.86. The van der Waals surface area contributed by atoms with Gasteiger partial charge in [-0.2, -0.15) is 0 Å². The van der Waals surface area contributed by atoms with E-state index in [4.69, 9.17) is 9.31 Å². The third kappa shape index (κ3) is 3.29. The molecule has 0 aliphatic carbocycles. The van der Waals surface area contributed by atoms with Crippen LogP contribution >= 0.6 is 11.3 Å². The predicted molar refractivity (Wildman–Crippen MR) is 95.5 cm³/mol. The largest absolute Gasteiger partial charge is 0.505 e. The van der Waals surface area contributed by atoms with Gasteiger partial charge < -0.3 is 14.6 Å². The van der Waals surface area contributed by atoms with Crippen LogP contribution in [0.3, 0.4) is 0 Å². The van der Waals surface area contributed by atoms with Gasteiger partial charge in [-0.25, -0.2) is 0 Å². The first-order valence-electron chi connectivity index (χ1n) is 7.94. The lowest BCUT2D eigenvalue weighted by atomic mass is 9.87. The predicted octanol–water partition coefficient (Wildman–Crippen LogP) is 2.95. The second kappa shape index (κ2) is 5.93. The Balaban J connectivity index is 1.87. The van der Waals surface area contributed by atoms with Gasteiger partial charge in [0.25, 0.3) is 5.91 Å². The van der Waals surface area contributed by atoms with Crippen LogP contribution in [0.4, 0.5) is 0 Å². The van der Waals surface area contributed by atoms with E-state index in [2.05, 4.69) is 11.4 Å². The van der Waals surface area contributed by atoms with Crippen molar-refractivity contribution in [2.75, 3.05) is 0 Å². The Labute approximate surface area is 141 Å². The smallest absolute Gasteiger partial charge is 0.401 e. The quantitative estimate of drug-likeness (QED) is 0.880. The highest BCUT2D eigenvalue weighted by atomic mass is 32.1. The van der Waals surface area contributed by atoms with E-state index in [1.54, 1.807) is 11.3 Å². The molecule has 1 saturated heterocycles. The summed E-state index contributed by atoms with van der Waals surface area (Å²) in [5.74, 6) is -0.0417. The van der Waals surface area contributed by atoms with E-state index in [1.165, 1.54) is 0 Å². The molecule has 1 atom stereocenters. The average molecular weight is 331 g/mol. The zero-order valence-corrected chi connectivity index (χ0v) is 15.0. The summed E-state index contributed by atoms with van der Waals surface area (Å²) < 4.78 is 14.1. The maximum atomic E-state index is 12.1. The van der Waals surface area contributed by atoms with Gasteiger partial charge in [0.1, 0.15) is 0 Å². The number of benzene rings is 1. The highest BCUT2D eigenvalue weighted by Crippen LogP contribution is 2.29. The Morgan fingerprint density at radius 1 is 1.35 bits per heavy atom. The highest BCUT2D eigenvalue weighted by Gasteiger charge is 2.44. The van der Waals surface area contributed by atoms with Crippen LogP contribution < -0.4 is 10.1 Å². The lowest BCUT2D eigenvalue weighted by Gasteiger charge is -2.21. The number of fused-ring (bicyclic) bond motifs is 1. The van der Waals surface area contributed by atoms with E-state index in [1.807, 2.05) is 52.8 Å². The molecule has 1 N–H and O–H groups in total. The molecule has 1 unspecified atom stereocenters. The fourth-order valence-electron chi connectivity index (χ4n) is 2.53. The van der Waals surface area contributed by atoms with Gasteiger partial charge in [-0.05, 0) is 58.2 Å². The fourth-order valence-corrected chi connectivity index (χ4v) is 3.60. The number of carbonyl (C=O) groups excluding carboxylic acids is 1. The Morgan fingerprint density at radius 3 is 2.70 bits per heavy atom. The van der Waals surface area contributed by atoms with Crippen molar-refractivity contribution in [1.82, 2.24) is 5.32 Å². The van der Waals surface area contributed by atoms with Gasteiger partial charge in [0.05, 0.1) is 11.7 Å². The normalized spacial score (nSPS) is 20.4. The molecule has 1 aliphatic heterocycles. The van der Waals surface area contributed by atoms with Gasteiger partial charge in [-0.1, -0.05) is 6.07 Å². The summed E-state index contributed by atoms with van der Waals surface area (Å²) in [6.07, 6.45) is 0.0464. The first-order chi connectivity index (χ1) is 10.8. The third-order valence-electron chi connectivity index (χ3n) is 4.17. The summed E-state index contributed by atoms with van der Waals surface area (Å²) in [4.78, 5) is 12.1. The lowest BCUT2D eigenvalue weighted by Crippen LogP contribution is -2.33. The summed E-state index contributed by atoms with van der Waals surface area (Å²) in [5.41, 5.74) is 0.393. The first-order valence-corrected chi connectivity index (χ1v) is 8.75. The van der Waals surface area contributed by atoms with Crippen molar-refractivity contribution in [2.24, 2.45) is 0 Å². The van der Waals surface area contributed by atoms with Gasteiger partial charge in [0.15, 0.2) is 0 Å². The van der Waals surface area contributed by atoms with E-state index in [-0.39, 0.29) is 30.8 Å². The summed E-state index contributed by atoms with van der Waals surface area (Å²) in [7, 11) is -0.328. The summed E-state index contributed by atoms with van der Waals surface area (Å²) in [6, 6.07) is 7.99. The molecule has 1 amide bonds. The molecule has 0 saturated carbocycles. The van der Waals surface area contributed by atoms with Crippen LogP contribution in [0.2, 0.25) is 0 Å². The second-order valence-corrected chi connectivity index (χ2v) is 7.98. The Hall–Kier alpha value is -1.37. The van der Waals surface area contributed by atoms with E-state index in [0.29, 0.717) is 5.56 Å². The van der Waals surface area contributed by atoms with Gasteiger partial charge in [-0.15, -0.1) is 11.3 Å². The molecular weight excluding hydrogens is 309 g/mol. The van der Waals surface area contributed by atoms with Crippen molar-refractivity contribution in [2.45, 2.75) is 52.4 Å². The van der Waals surface area contributed by atoms with Gasteiger partial charge in [-0.3, -0.25) is 4.79 Å². The number of thiophene rings is 1. The fraction of sp³-hybridized carbons (Fsp3) is 0.471. The van der Waals surface area contributed by atoms with Crippen molar-refractivity contribution in [3.8, 4) is 0 Å². The molecule has 2 aromatic rings. The maximum Gasteiger partial charge on any atom is 0.505 e. The minimum absolute atomic E-state index is 0.0417. The summed E-state index contributed by atoms with van der Waals surface area (Å²) >= 11 is 1.62. The van der Waals surface area contributed by atoms with Crippen LogP contribution in [0.15, 0.2) is 24.3 Å². The molecule has 4 nitrogen and oxygen atoms in total. The molecule has 3 rings (SSSR count). The Bertz CT molecular complexity index is 741. The monoisotopic (exact) mass is 331 g/mol. The average Bonchev–Trinajstić information content (AvgIpc) is 2.98. The third-order valence-corrected chi connectivity index (χ3v) is 5.29. The molecule has 0 bridgehead atoms. The molecule has 1 fully saturated rings. The number of nitrogens with one attached hydrogen (secondary N) is 1. The van der Waals surface area contributed by atoms with Gasteiger partial charge in [0.2, 0.25) is 0 Å². The van der Waals surface area contributed by atoms with E-state index < -0.39 is 0 Å². The molecule has 0 spiro atoms. The van der Waals surface area contributed by atoms with Crippen LogP contribution in [0.25, 0.3) is 10.1 Å². The molecule has 0 radical (unpaired) electrons. The molecule has 122 valence electrons.